The van der Waals surface area contributed by atoms with Gasteiger partial charge in [-0.2, -0.15) is 0 Å². The van der Waals surface area contributed by atoms with E-state index >= 15 is 0 Å². The van der Waals surface area contributed by atoms with Crippen molar-refractivity contribution in [2.45, 2.75) is 6.92 Å². The number of carbonyl (C=O) groups is 2. The Hall–Kier alpha value is -2.89. The summed E-state index contributed by atoms with van der Waals surface area (Å²) in [6, 6.07) is 13.8. The van der Waals surface area contributed by atoms with Gasteiger partial charge in [-0.1, -0.05) is 29.8 Å². The van der Waals surface area contributed by atoms with Crippen LogP contribution in [0.4, 0.5) is 0 Å². The number of ether oxygens (including phenoxy) is 2. The maximum Gasteiger partial charge on any atom is 0.353 e. The topological polar surface area (TPSA) is 52.6 Å². The molecule has 4 rings (SSSR count). The molecule has 1 aliphatic rings. The summed E-state index contributed by atoms with van der Waals surface area (Å²) < 4.78 is 11.2. The van der Waals surface area contributed by atoms with E-state index in [-0.39, 0.29) is 11.5 Å². The Morgan fingerprint density at radius 3 is 2.63 bits per heavy atom. The molecule has 0 unspecified atom stereocenters. The van der Waals surface area contributed by atoms with E-state index in [1.807, 2.05) is 5.38 Å². The monoisotopic (exact) mass is 396 g/mol. The van der Waals surface area contributed by atoms with Crippen LogP contribution in [0.3, 0.4) is 0 Å². The quantitative estimate of drug-likeness (QED) is 0.331. The molecule has 0 N–H and O–H groups in total. The summed E-state index contributed by atoms with van der Waals surface area (Å²) in [7, 11) is 0. The Morgan fingerprint density at radius 2 is 1.93 bits per heavy atom. The number of rotatable bonds is 3. The Labute approximate surface area is 164 Å². The number of benzene rings is 2. The van der Waals surface area contributed by atoms with Crippen LogP contribution in [0, 0.1) is 6.92 Å². The predicted molar refractivity (Wildman–Crippen MR) is 105 cm³/mol. The average molecular weight is 397 g/mol. The van der Waals surface area contributed by atoms with Crippen molar-refractivity contribution in [3.05, 3.63) is 86.3 Å². The molecule has 0 saturated carbocycles. The first-order chi connectivity index (χ1) is 13.0. The minimum Gasteiger partial charge on any atom is -0.452 e. The van der Waals surface area contributed by atoms with E-state index in [0.29, 0.717) is 32.5 Å². The third-order valence-electron chi connectivity index (χ3n) is 4.13. The van der Waals surface area contributed by atoms with Crippen LogP contribution in [0.2, 0.25) is 5.02 Å². The summed E-state index contributed by atoms with van der Waals surface area (Å²) in [5, 5.41) is 2.43. The number of hydrogen-bond acceptors (Lipinski definition) is 5. The molecule has 3 aromatic rings. The van der Waals surface area contributed by atoms with Gasteiger partial charge in [0.25, 0.3) is 0 Å². The molecule has 0 radical (unpaired) electrons. The summed E-state index contributed by atoms with van der Waals surface area (Å²) in [6.45, 7) is 1.76. The van der Waals surface area contributed by atoms with Crippen LogP contribution in [0.25, 0.3) is 6.08 Å². The third-order valence-corrected chi connectivity index (χ3v) is 5.23. The zero-order valence-electron chi connectivity index (χ0n) is 14.2. The zero-order chi connectivity index (χ0) is 19.0. The van der Waals surface area contributed by atoms with E-state index in [0.717, 1.165) is 5.56 Å². The van der Waals surface area contributed by atoms with Crippen molar-refractivity contribution in [2.24, 2.45) is 0 Å². The molecular formula is C21H13ClO4S. The summed E-state index contributed by atoms with van der Waals surface area (Å²) in [5.41, 5.74) is 1.85. The van der Waals surface area contributed by atoms with Crippen molar-refractivity contribution in [1.82, 2.24) is 0 Å². The molecule has 0 aliphatic carbocycles. The largest absolute Gasteiger partial charge is 0.452 e. The standard InChI is InChI=1S/C21H13ClO4S/c1-12-16(26-21(24)18-3-2-10-27-18)9-8-15-19(23)17(25-20(12)15)11-13-4-6-14(22)7-5-13/h2-11H,1H3/b17-11-. The molecule has 0 saturated heterocycles. The molecule has 0 fully saturated rings. The van der Waals surface area contributed by atoms with Crippen LogP contribution in [0.15, 0.2) is 59.7 Å². The SMILES string of the molecule is Cc1c(OC(=O)c2cccs2)ccc2c1O/C(=C\c1ccc(Cl)cc1)C2=O. The number of hydrogen-bond donors (Lipinski definition) is 0. The molecule has 6 heteroatoms. The molecule has 4 nitrogen and oxygen atoms in total. The molecule has 1 aliphatic heterocycles. The maximum atomic E-state index is 12.6. The van der Waals surface area contributed by atoms with Crippen molar-refractivity contribution in [3.8, 4) is 11.5 Å². The van der Waals surface area contributed by atoms with Crippen molar-refractivity contribution in [2.75, 3.05) is 0 Å². The highest BCUT2D eigenvalue weighted by atomic mass is 35.5. The molecule has 2 heterocycles. The van der Waals surface area contributed by atoms with Gasteiger partial charge in [0.05, 0.1) is 5.56 Å². The Balaban J connectivity index is 1.62. The second-order valence-electron chi connectivity index (χ2n) is 5.92. The zero-order valence-corrected chi connectivity index (χ0v) is 15.8. The van der Waals surface area contributed by atoms with Gasteiger partial charge in [-0.05, 0) is 54.3 Å². The number of esters is 1. The van der Waals surface area contributed by atoms with Crippen molar-refractivity contribution in [3.63, 3.8) is 0 Å². The van der Waals surface area contributed by atoms with E-state index in [4.69, 9.17) is 21.1 Å². The molecule has 134 valence electrons. The van der Waals surface area contributed by atoms with Crippen LogP contribution >= 0.6 is 22.9 Å². The van der Waals surface area contributed by atoms with Crippen molar-refractivity contribution in [1.29, 1.82) is 0 Å². The van der Waals surface area contributed by atoms with Crippen LogP contribution < -0.4 is 9.47 Å². The lowest BCUT2D eigenvalue weighted by Gasteiger charge is -2.09. The highest BCUT2D eigenvalue weighted by Crippen LogP contribution is 2.39. The van der Waals surface area contributed by atoms with E-state index < -0.39 is 5.97 Å². The molecule has 1 aromatic heterocycles. The number of Topliss-reactive ketones (excluding diaryl/α,β-unsaturated/α-hetero) is 1. The average Bonchev–Trinajstić information content (AvgIpc) is 3.29. The highest BCUT2D eigenvalue weighted by Gasteiger charge is 2.30. The number of fused-ring (bicyclic) bond motifs is 1. The van der Waals surface area contributed by atoms with Gasteiger partial charge in [-0.15, -0.1) is 11.3 Å². The summed E-state index contributed by atoms with van der Waals surface area (Å²) >= 11 is 7.19. The second-order valence-corrected chi connectivity index (χ2v) is 7.31. The van der Waals surface area contributed by atoms with Gasteiger partial charge in [0.15, 0.2) is 5.76 Å². The first kappa shape index (κ1) is 17.5. The van der Waals surface area contributed by atoms with Gasteiger partial charge in [0, 0.05) is 10.6 Å². The lowest BCUT2D eigenvalue weighted by atomic mass is 10.1. The lowest BCUT2D eigenvalue weighted by Crippen LogP contribution is -2.07. The normalized spacial score (nSPS) is 14.1. The highest BCUT2D eigenvalue weighted by molar-refractivity contribution is 7.12. The molecule has 0 atom stereocenters. The molecular weight excluding hydrogens is 384 g/mol. The van der Waals surface area contributed by atoms with Gasteiger partial charge in [-0.25, -0.2) is 4.79 Å². The fourth-order valence-electron chi connectivity index (χ4n) is 2.73. The van der Waals surface area contributed by atoms with Crippen LogP contribution in [0.5, 0.6) is 11.5 Å². The van der Waals surface area contributed by atoms with Crippen LogP contribution in [-0.2, 0) is 0 Å². The molecule has 2 aromatic carbocycles. The number of halogens is 1. The van der Waals surface area contributed by atoms with Crippen LogP contribution in [0.1, 0.15) is 31.2 Å². The maximum absolute atomic E-state index is 12.6. The van der Waals surface area contributed by atoms with Gasteiger partial charge >= 0.3 is 5.97 Å². The molecule has 0 bridgehead atoms. The van der Waals surface area contributed by atoms with Crippen molar-refractivity contribution >= 4 is 40.8 Å². The van der Waals surface area contributed by atoms with Gasteiger partial charge in [0.2, 0.25) is 5.78 Å². The number of carbonyl (C=O) groups excluding carboxylic acids is 2. The van der Waals surface area contributed by atoms with E-state index in [1.165, 1.54) is 11.3 Å². The minimum atomic E-state index is -0.436. The summed E-state index contributed by atoms with van der Waals surface area (Å²) in [5.74, 6) is 0.357. The van der Waals surface area contributed by atoms with E-state index in [9.17, 15) is 9.59 Å². The fourth-order valence-corrected chi connectivity index (χ4v) is 3.46. The molecule has 0 amide bonds. The Kier molecular flexibility index (Phi) is 4.56. The predicted octanol–water partition coefficient (Wildman–Crippen LogP) is 5.55. The fraction of sp³-hybridized carbons (Fsp3) is 0.0476. The molecule has 0 spiro atoms. The van der Waals surface area contributed by atoms with Gasteiger partial charge in [0.1, 0.15) is 16.4 Å². The molecule has 27 heavy (non-hydrogen) atoms. The smallest absolute Gasteiger partial charge is 0.353 e. The minimum absolute atomic E-state index is 0.209. The Bertz CT molecular complexity index is 1070. The van der Waals surface area contributed by atoms with Crippen molar-refractivity contribution < 1.29 is 19.1 Å². The van der Waals surface area contributed by atoms with Gasteiger partial charge in [-0.3, -0.25) is 4.79 Å². The van der Waals surface area contributed by atoms with Gasteiger partial charge < -0.3 is 9.47 Å². The Morgan fingerprint density at radius 1 is 1.15 bits per heavy atom. The first-order valence-electron chi connectivity index (χ1n) is 8.12. The third kappa shape index (κ3) is 3.39. The lowest BCUT2D eigenvalue weighted by molar-refractivity contribution is 0.0738. The number of thiophene rings is 1. The summed E-state index contributed by atoms with van der Waals surface area (Å²) in [6.07, 6.45) is 1.66. The van der Waals surface area contributed by atoms with E-state index in [1.54, 1.807) is 61.5 Å². The summed E-state index contributed by atoms with van der Waals surface area (Å²) in [4.78, 5) is 25.3. The number of allylic oxidation sites excluding steroid dienone is 1. The number of ketones is 1. The first-order valence-corrected chi connectivity index (χ1v) is 9.38. The van der Waals surface area contributed by atoms with E-state index in [2.05, 4.69) is 0 Å². The van der Waals surface area contributed by atoms with Crippen LogP contribution in [-0.4, -0.2) is 11.8 Å². The second kappa shape index (κ2) is 7.02.